The molecule has 0 saturated carbocycles. The molecule has 31 heavy (non-hydrogen) atoms. The first-order valence-corrected chi connectivity index (χ1v) is 10.8. The number of nitrogens with one attached hydrogen (secondary N) is 2. The van der Waals surface area contributed by atoms with Crippen molar-refractivity contribution in [3.05, 3.63) is 53.9 Å². The number of pyridine rings is 1. The highest BCUT2D eigenvalue weighted by molar-refractivity contribution is 6.06. The number of aliphatic hydroxyl groups is 1. The second-order valence-electron chi connectivity index (χ2n) is 7.88. The molecule has 2 aromatic heterocycles. The Morgan fingerprint density at radius 1 is 1.26 bits per heavy atom. The number of aromatic nitrogens is 3. The van der Waals surface area contributed by atoms with Crippen molar-refractivity contribution >= 4 is 22.6 Å². The van der Waals surface area contributed by atoms with E-state index in [0.717, 1.165) is 35.1 Å². The summed E-state index contributed by atoms with van der Waals surface area (Å²) in [7, 11) is 0. The first-order valence-electron chi connectivity index (χ1n) is 10.8. The Hall–Kier alpha value is -2.97. The fourth-order valence-corrected chi connectivity index (χ4v) is 3.99. The number of nitrogens with zero attached hydrogens (tertiary/aromatic N) is 3. The van der Waals surface area contributed by atoms with Gasteiger partial charge in [0.1, 0.15) is 0 Å². The van der Waals surface area contributed by atoms with Gasteiger partial charge >= 0.3 is 0 Å². The highest BCUT2D eigenvalue weighted by Crippen LogP contribution is 2.29. The number of aryl methyl sites for hydroxylation is 1. The predicted octanol–water partition coefficient (Wildman–Crippen LogP) is 2.89. The molecule has 3 N–H and O–H groups in total. The molecule has 0 unspecified atom stereocenters. The van der Waals surface area contributed by atoms with Crippen LogP contribution in [0, 0.1) is 0 Å². The Kier molecular flexibility index (Phi) is 6.48. The molecule has 1 fully saturated rings. The second-order valence-corrected chi connectivity index (χ2v) is 7.88. The highest BCUT2D eigenvalue weighted by atomic mass is 16.5. The molecule has 1 aliphatic rings. The zero-order chi connectivity index (χ0) is 21.8. The fourth-order valence-electron chi connectivity index (χ4n) is 3.99. The van der Waals surface area contributed by atoms with E-state index in [1.165, 1.54) is 0 Å². The first kappa shape index (κ1) is 21.3. The van der Waals surface area contributed by atoms with Crippen LogP contribution in [-0.2, 0) is 11.3 Å². The van der Waals surface area contributed by atoms with E-state index in [2.05, 4.69) is 20.7 Å². The van der Waals surface area contributed by atoms with Crippen molar-refractivity contribution in [2.45, 2.75) is 51.4 Å². The highest BCUT2D eigenvalue weighted by Gasteiger charge is 2.25. The Bertz CT molecular complexity index is 1030. The monoisotopic (exact) mass is 423 g/mol. The summed E-state index contributed by atoms with van der Waals surface area (Å²) in [6.45, 7) is 5.76. The van der Waals surface area contributed by atoms with Crippen molar-refractivity contribution in [1.29, 1.82) is 0 Å². The molecule has 3 aromatic rings. The predicted molar refractivity (Wildman–Crippen MR) is 119 cm³/mol. The molecule has 2 atom stereocenters. The molecule has 164 valence electrons. The van der Waals surface area contributed by atoms with E-state index in [-0.39, 0.29) is 11.9 Å². The summed E-state index contributed by atoms with van der Waals surface area (Å²) >= 11 is 0. The van der Waals surface area contributed by atoms with Crippen LogP contribution in [-0.4, -0.2) is 51.1 Å². The quantitative estimate of drug-likeness (QED) is 0.540. The van der Waals surface area contributed by atoms with E-state index in [1.807, 2.05) is 41.9 Å². The van der Waals surface area contributed by atoms with Gasteiger partial charge in [0.15, 0.2) is 5.65 Å². The molecule has 8 heteroatoms. The number of rotatable bonds is 7. The second kappa shape index (κ2) is 9.45. The van der Waals surface area contributed by atoms with Crippen molar-refractivity contribution < 1.29 is 14.6 Å². The van der Waals surface area contributed by atoms with Crippen LogP contribution in [0.5, 0.6) is 0 Å². The molecule has 0 spiro atoms. The Labute approximate surface area is 181 Å². The van der Waals surface area contributed by atoms with Gasteiger partial charge in [-0.15, -0.1) is 0 Å². The number of carbonyl (C=O) groups excluding carboxylic acids is 1. The molecule has 4 rings (SSSR count). The van der Waals surface area contributed by atoms with E-state index < -0.39 is 12.1 Å². The number of benzene rings is 1. The summed E-state index contributed by atoms with van der Waals surface area (Å²) in [4.78, 5) is 17.9. The Morgan fingerprint density at radius 3 is 2.68 bits per heavy atom. The summed E-state index contributed by atoms with van der Waals surface area (Å²) in [5.41, 5.74) is 2.75. The van der Waals surface area contributed by atoms with Crippen LogP contribution in [0.15, 0.2) is 42.7 Å². The third-order valence-corrected chi connectivity index (χ3v) is 5.71. The van der Waals surface area contributed by atoms with E-state index in [9.17, 15) is 9.90 Å². The molecule has 0 radical (unpaired) electrons. The lowest BCUT2D eigenvalue weighted by Crippen LogP contribution is -2.36. The standard InChI is InChI=1S/C23H29N5O3/c1-3-28-22-18(14-25-28)21(26-17-9-11-31-12-10-17)19(13-24-22)23(30)27-20(15(2)29)16-7-5-4-6-8-16/h4-8,13-15,17,20,29H,3,9-12H2,1-2H3,(H,24,26)(H,27,30)/t15-,20+/m0/s1. The maximum absolute atomic E-state index is 13.4. The fraction of sp³-hybridized carbons (Fsp3) is 0.435. The zero-order valence-electron chi connectivity index (χ0n) is 17.9. The van der Waals surface area contributed by atoms with Crippen molar-refractivity contribution in [2.24, 2.45) is 0 Å². The van der Waals surface area contributed by atoms with Crippen molar-refractivity contribution in [1.82, 2.24) is 20.1 Å². The summed E-state index contributed by atoms with van der Waals surface area (Å²) in [5.74, 6) is -0.289. The van der Waals surface area contributed by atoms with E-state index in [4.69, 9.17) is 4.74 Å². The number of fused-ring (bicyclic) bond motifs is 1. The smallest absolute Gasteiger partial charge is 0.255 e. The van der Waals surface area contributed by atoms with Gasteiger partial charge in [-0.05, 0) is 32.3 Å². The molecule has 0 bridgehead atoms. The molecular weight excluding hydrogens is 394 g/mol. The molecule has 1 aliphatic heterocycles. The minimum Gasteiger partial charge on any atom is -0.391 e. The topological polar surface area (TPSA) is 101 Å². The SMILES string of the molecule is CCn1ncc2c(NC3CCOCC3)c(C(=O)N[C@@H](c3ccccc3)[C@H](C)O)cnc21. The minimum absolute atomic E-state index is 0.206. The number of hydrogen-bond donors (Lipinski definition) is 3. The maximum Gasteiger partial charge on any atom is 0.255 e. The zero-order valence-corrected chi connectivity index (χ0v) is 17.9. The summed E-state index contributed by atoms with van der Waals surface area (Å²) < 4.78 is 7.29. The number of amides is 1. The van der Waals surface area contributed by atoms with Gasteiger partial charge < -0.3 is 20.5 Å². The molecular formula is C23H29N5O3. The van der Waals surface area contributed by atoms with Crippen LogP contribution in [0.25, 0.3) is 11.0 Å². The van der Waals surface area contributed by atoms with Gasteiger partial charge in [0.25, 0.3) is 5.91 Å². The van der Waals surface area contributed by atoms with Crippen LogP contribution in [0.4, 0.5) is 5.69 Å². The molecule has 1 amide bonds. The maximum atomic E-state index is 13.4. The van der Waals surface area contributed by atoms with E-state index in [1.54, 1.807) is 19.3 Å². The number of anilines is 1. The minimum atomic E-state index is -0.752. The van der Waals surface area contributed by atoms with Crippen molar-refractivity contribution in [2.75, 3.05) is 18.5 Å². The van der Waals surface area contributed by atoms with E-state index in [0.29, 0.717) is 25.3 Å². The van der Waals surface area contributed by atoms with Gasteiger partial charge in [-0.3, -0.25) is 4.79 Å². The van der Waals surface area contributed by atoms with Crippen LogP contribution >= 0.6 is 0 Å². The lowest BCUT2D eigenvalue weighted by atomic mass is 10.0. The lowest BCUT2D eigenvalue weighted by molar-refractivity contribution is 0.0857. The summed E-state index contributed by atoms with van der Waals surface area (Å²) in [6.07, 6.45) is 4.34. The molecule has 8 nitrogen and oxygen atoms in total. The molecule has 1 aromatic carbocycles. The molecule has 0 aliphatic carbocycles. The van der Waals surface area contributed by atoms with Crippen molar-refractivity contribution in [3.63, 3.8) is 0 Å². The van der Waals surface area contributed by atoms with Crippen LogP contribution < -0.4 is 10.6 Å². The van der Waals surface area contributed by atoms with Gasteiger partial charge in [0.05, 0.1) is 35.0 Å². The van der Waals surface area contributed by atoms with Crippen molar-refractivity contribution in [3.8, 4) is 0 Å². The molecule has 1 saturated heterocycles. The summed E-state index contributed by atoms with van der Waals surface area (Å²) in [5, 5.41) is 22.1. The van der Waals surface area contributed by atoms with Crippen LogP contribution in [0.2, 0.25) is 0 Å². The van der Waals surface area contributed by atoms with Gasteiger partial charge in [0, 0.05) is 32.0 Å². The number of hydrogen-bond acceptors (Lipinski definition) is 6. The van der Waals surface area contributed by atoms with Crippen LogP contribution in [0.3, 0.4) is 0 Å². The largest absolute Gasteiger partial charge is 0.391 e. The average molecular weight is 424 g/mol. The van der Waals surface area contributed by atoms with E-state index >= 15 is 0 Å². The summed E-state index contributed by atoms with van der Waals surface area (Å²) in [6, 6.07) is 9.15. The molecule has 3 heterocycles. The van der Waals surface area contributed by atoms with Gasteiger partial charge in [-0.25, -0.2) is 9.67 Å². The first-order chi connectivity index (χ1) is 15.1. The number of carbonyl (C=O) groups is 1. The van der Waals surface area contributed by atoms with Gasteiger partial charge in [-0.2, -0.15) is 5.10 Å². The van der Waals surface area contributed by atoms with Gasteiger partial charge in [-0.1, -0.05) is 30.3 Å². The average Bonchev–Trinajstić information content (AvgIpc) is 3.22. The lowest BCUT2D eigenvalue weighted by Gasteiger charge is -2.26. The Balaban J connectivity index is 1.69. The third-order valence-electron chi connectivity index (χ3n) is 5.71. The number of ether oxygens (including phenoxy) is 1. The van der Waals surface area contributed by atoms with Gasteiger partial charge in [0.2, 0.25) is 0 Å². The van der Waals surface area contributed by atoms with Crippen LogP contribution in [0.1, 0.15) is 48.7 Å². The Morgan fingerprint density at radius 2 is 2.00 bits per heavy atom. The third kappa shape index (κ3) is 4.55. The number of aliphatic hydroxyl groups excluding tert-OH is 1. The normalized spacial score (nSPS) is 16.7.